The first-order valence-corrected chi connectivity index (χ1v) is 8.44. The molecule has 0 unspecified atom stereocenters. The molecule has 2 aliphatic rings. The second-order valence-electron chi connectivity index (χ2n) is 6.05. The van der Waals surface area contributed by atoms with Crippen molar-refractivity contribution in [3.8, 4) is 11.5 Å². The van der Waals surface area contributed by atoms with Crippen molar-refractivity contribution in [2.24, 2.45) is 5.92 Å². The van der Waals surface area contributed by atoms with Crippen molar-refractivity contribution in [1.82, 2.24) is 5.32 Å². The molecular formula is C17H22ClNO4. The summed E-state index contributed by atoms with van der Waals surface area (Å²) in [6.45, 7) is 1.81. The predicted molar refractivity (Wildman–Crippen MR) is 87.0 cm³/mol. The van der Waals surface area contributed by atoms with Crippen molar-refractivity contribution in [3.63, 3.8) is 0 Å². The van der Waals surface area contributed by atoms with Crippen LogP contribution in [0.15, 0.2) is 12.1 Å². The van der Waals surface area contributed by atoms with Gasteiger partial charge in [-0.15, -0.1) is 0 Å². The fourth-order valence-corrected chi connectivity index (χ4v) is 3.52. The third-order valence-corrected chi connectivity index (χ3v) is 4.79. The summed E-state index contributed by atoms with van der Waals surface area (Å²) in [5.74, 6) is 1.33. The molecule has 0 atom stereocenters. The van der Waals surface area contributed by atoms with Gasteiger partial charge in [-0.05, 0) is 43.4 Å². The van der Waals surface area contributed by atoms with Crippen LogP contribution in [0.1, 0.15) is 31.2 Å². The van der Waals surface area contributed by atoms with Crippen molar-refractivity contribution >= 4 is 17.6 Å². The van der Waals surface area contributed by atoms with Gasteiger partial charge in [0, 0.05) is 12.6 Å². The summed E-state index contributed by atoms with van der Waals surface area (Å²) >= 11 is 6.25. The van der Waals surface area contributed by atoms with E-state index in [2.05, 4.69) is 5.32 Å². The molecule has 126 valence electrons. The van der Waals surface area contributed by atoms with Crippen molar-refractivity contribution in [2.45, 2.75) is 38.3 Å². The quantitative estimate of drug-likeness (QED) is 0.855. The van der Waals surface area contributed by atoms with Gasteiger partial charge in [-0.2, -0.15) is 0 Å². The number of nitrogens with one attached hydrogen (secondary N) is 1. The number of esters is 1. The van der Waals surface area contributed by atoms with Crippen LogP contribution in [0.5, 0.6) is 11.5 Å². The molecule has 0 saturated heterocycles. The highest BCUT2D eigenvalue weighted by Crippen LogP contribution is 2.38. The van der Waals surface area contributed by atoms with E-state index in [1.807, 2.05) is 12.1 Å². The van der Waals surface area contributed by atoms with Gasteiger partial charge in [-0.25, -0.2) is 0 Å². The average molecular weight is 340 g/mol. The average Bonchev–Trinajstić information content (AvgIpc) is 2.60. The molecule has 0 bridgehead atoms. The molecule has 5 nitrogen and oxygen atoms in total. The highest BCUT2D eigenvalue weighted by Gasteiger charge is 2.26. The highest BCUT2D eigenvalue weighted by molar-refractivity contribution is 6.32. The highest BCUT2D eigenvalue weighted by atomic mass is 35.5. The Hall–Kier alpha value is -1.46. The normalized spacial score (nSPS) is 23.4. The van der Waals surface area contributed by atoms with Crippen LogP contribution < -0.4 is 14.8 Å². The second-order valence-corrected chi connectivity index (χ2v) is 6.46. The number of hydrogen-bond donors (Lipinski definition) is 1. The summed E-state index contributed by atoms with van der Waals surface area (Å²) in [7, 11) is 1.46. The third kappa shape index (κ3) is 3.90. The van der Waals surface area contributed by atoms with Crippen LogP contribution in [0.3, 0.4) is 0 Å². The first-order chi connectivity index (χ1) is 11.2. The summed E-state index contributed by atoms with van der Waals surface area (Å²) in [4.78, 5) is 11.5. The number of rotatable bonds is 4. The van der Waals surface area contributed by atoms with Crippen LogP contribution in [0, 0.1) is 5.92 Å². The largest absolute Gasteiger partial charge is 0.486 e. The number of fused-ring (bicyclic) bond motifs is 1. The van der Waals surface area contributed by atoms with Gasteiger partial charge in [0.1, 0.15) is 13.2 Å². The Morgan fingerprint density at radius 3 is 2.74 bits per heavy atom. The number of hydrogen-bond acceptors (Lipinski definition) is 5. The number of carbonyl (C=O) groups is 1. The van der Waals surface area contributed by atoms with Gasteiger partial charge < -0.3 is 19.5 Å². The van der Waals surface area contributed by atoms with E-state index in [1.54, 1.807) is 0 Å². The molecular weight excluding hydrogens is 318 g/mol. The lowest BCUT2D eigenvalue weighted by Crippen LogP contribution is -2.34. The molecule has 0 spiro atoms. The van der Waals surface area contributed by atoms with Crippen molar-refractivity contribution in [2.75, 3.05) is 20.3 Å². The molecule has 1 saturated carbocycles. The SMILES string of the molecule is COC(=O)C1CCC(NCc2cc(Cl)c3c(c2)OCCO3)CC1. The standard InChI is InChI=1S/C17H22ClNO4/c1-21-17(20)12-2-4-13(5-3-12)19-10-11-8-14(18)16-15(9-11)22-6-7-23-16/h8-9,12-13,19H,2-7,10H2,1H3. The van der Waals surface area contributed by atoms with E-state index in [-0.39, 0.29) is 11.9 Å². The zero-order valence-electron chi connectivity index (χ0n) is 13.3. The van der Waals surface area contributed by atoms with E-state index >= 15 is 0 Å². The Bertz CT molecular complexity index is 570. The molecule has 0 amide bonds. The van der Waals surface area contributed by atoms with Crippen LogP contribution >= 0.6 is 11.6 Å². The molecule has 0 radical (unpaired) electrons. The Morgan fingerprint density at radius 2 is 2.00 bits per heavy atom. The lowest BCUT2D eigenvalue weighted by Gasteiger charge is -2.28. The monoisotopic (exact) mass is 339 g/mol. The number of methoxy groups -OCH3 is 1. The van der Waals surface area contributed by atoms with E-state index in [4.69, 9.17) is 25.8 Å². The molecule has 1 aromatic rings. The molecule has 1 fully saturated rings. The summed E-state index contributed by atoms with van der Waals surface area (Å²) in [6, 6.07) is 4.32. The Labute approximate surface area is 141 Å². The van der Waals surface area contributed by atoms with Crippen molar-refractivity contribution < 1.29 is 19.0 Å². The first kappa shape index (κ1) is 16.4. The Kier molecular flexibility index (Phi) is 5.28. The summed E-state index contributed by atoms with van der Waals surface area (Å²) < 4.78 is 15.9. The lowest BCUT2D eigenvalue weighted by atomic mass is 9.86. The first-order valence-electron chi connectivity index (χ1n) is 8.06. The van der Waals surface area contributed by atoms with E-state index in [0.29, 0.717) is 30.0 Å². The van der Waals surface area contributed by atoms with Gasteiger partial charge in [-0.3, -0.25) is 4.79 Å². The van der Waals surface area contributed by atoms with Gasteiger partial charge in [0.2, 0.25) is 0 Å². The molecule has 1 N–H and O–H groups in total. The smallest absolute Gasteiger partial charge is 0.308 e. The van der Waals surface area contributed by atoms with Gasteiger partial charge in [0.25, 0.3) is 0 Å². The molecule has 6 heteroatoms. The minimum Gasteiger partial charge on any atom is -0.486 e. The zero-order valence-corrected chi connectivity index (χ0v) is 14.0. The van der Waals surface area contributed by atoms with E-state index in [9.17, 15) is 4.79 Å². The number of halogens is 1. The molecule has 1 aromatic carbocycles. The molecule has 1 aliphatic heterocycles. The van der Waals surface area contributed by atoms with E-state index in [1.165, 1.54) is 7.11 Å². The number of carbonyl (C=O) groups excluding carboxylic acids is 1. The van der Waals surface area contributed by atoms with E-state index < -0.39 is 0 Å². The van der Waals surface area contributed by atoms with Gasteiger partial charge in [0.15, 0.2) is 11.5 Å². The maximum Gasteiger partial charge on any atom is 0.308 e. The van der Waals surface area contributed by atoms with Crippen LogP contribution in [0.25, 0.3) is 0 Å². The second kappa shape index (κ2) is 7.41. The predicted octanol–water partition coefficient (Wildman–Crippen LogP) is 2.93. The van der Waals surface area contributed by atoms with Gasteiger partial charge in [-0.1, -0.05) is 11.6 Å². The summed E-state index contributed by atoms with van der Waals surface area (Å²) in [6.07, 6.45) is 3.73. The molecule has 1 aliphatic carbocycles. The van der Waals surface area contributed by atoms with Crippen LogP contribution in [0.4, 0.5) is 0 Å². The van der Waals surface area contributed by atoms with Crippen molar-refractivity contribution in [1.29, 1.82) is 0 Å². The maximum atomic E-state index is 11.5. The van der Waals surface area contributed by atoms with Crippen LogP contribution in [-0.2, 0) is 16.1 Å². The molecule has 3 rings (SSSR count). The lowest BCUT2D eigenvalue weighted by molar-refractivity contribution is -0.146. The number of ether oxygens (including phenoxy) is 3. The summed E-state index contributed by atoms with van der Waals surface area (Å²) in [5, 5.41) is 4.13. The number of benzene rings is 1. The van der Waals surface area contributed by atoms with Crippen LogP contribution in [-0.4, -0.2) is 32.3 Å². The minimum atomic E-state index is -0.0814. The fraction of sp³-hybridized carbons (Fsp3) is 0.588. The van der Waals surface area contributed by atoms with E-state index in [0.717, 1.165) is 43.5 Å². The Balaban J connectivity index is 1.53. The van der Waals surface area contributed by atoms with Crippen LogP contribution in [0.2, 0.25) is 5.02 Å². The fourth-order valence-electron chi connectivity index (χ4n) is 3.23. The third-order valence-electron chi connectivity index (χ3n) is 4.51. The van der Waals surface area contributed by atoms with Gasteiger partial charge >= 0.3 is 5.97 Å². The van der Waals surface area contributed by atoms with Gasteiger partial charge in [0.05, 0.1) is 18.1 Å². The summed E-state index contributed by atoms with van der Waals surface area (Å²) in [5.41, 5.74) is 1.08. The minimum absolute atomic E-state index is 0.0572. The molecule has 1 heterocycles. The molecule has 23 heavy (non-hydrogen) atoms. The topological polar surface area (TPSA) is 56.8 Å². The Morgan fingerprint density at radius 1 is 1.26 bits per heavy atom. The maximum absolute atomic E-state index is 11.5. The molecule has 0 aromatic heterocycles. The zero-order chi connectivity index (χ0) is 16.2. The van der Waals surface area contributed by atoms with Crippen molar-refractivity contribution in [3.05, 3.63) is 22.7 Å².